The fourth-order valence-corrected chi connectivity index (χ4v) is 3.43. The van der Waals surface area contributed by atoms with Crippen molar-refractivity contribution in [2.75, 3.05) is 5.32 Å². The number of hydrogen-bond acceptors (Lipinski definition) is 5. The zero-order valence-corrected chi connectivity index (χ0v) is 13.4. The summed E-state index contributed by atoms with van der Waals surface area (Å²) in [5, 5.41) is 7.54. The quantitative estimate of drug-likeness (QED) is 0.922. The van der Waals surface area contributed by atoms with Crippen molar-refractivity contribution in [3.05, 3.63) is 36.2 Å². The monoisotopic (exact) mass is 330 g/mol. The van der Waals surface area contributed by atoms with E-state index in [0.29, 0.717) is 24.8 Å². The second kappa shape index (κ2) is 5.85. The standard InChI is InChI=1S/C16H19FN6O/c1-22-13(6-7-20-22)15-12(21-16-18-8-10(17)9-19-16)4-5-14(24)23(15)11-2-3-11/h6-9,11-12,15H,2-5H2,1H3,(H,18,19,21)/t12-,15-/m1/s1. The van der Waals surface area contributed by atoms with Gasteiger partial charge in [-0.3, -0.25) is 9.48 Å². The number of nitrogens with one attached hydrogen (secondary N) is 1. The molecule has 2 aromatic rings. The Morgan fingerprint density at radius 2 is 2.00 bits per heavy atom. The summed E-state index contributed by atoms with van der Waals surface area (Å²) >= 11 is 0. The Hall–Kier alpha value is -2.51. The van der Waals surface area contributed by atoms with Crippen LogP contribution in [0.4, 0.5) is 10.3 Å². The third-order valence-electron chi connectivity index (χ3n) is 4.67. The number of amides is 1. The Balaban J connectivity index is 1.66. The number of halogens is 1. The second-order valence-corrected chi connectivity index (χ2v) is 6.37. The smallest absolute Gasteiger partial charge is 0.223 e. The maximum Gasteiger partial charge on any atom is 0.223 e. The Labute approximate surface area is 138 Å². The fraction of sp³-hybridized carbons (Fsp3) is 0.500. The van der Waals surface area contributed by atoms with E-state index in [9.17, 15) is 9.18 Å². The van der Waals surface area contributed by atoms with Crippen LogP contribution in [0.3, 0.4) is 0 Å². The molecule has 1 aliphatic carbocycles. The van der Waals surface area contributed by atoms with E-state index in [0.717, 1.165) is 30.9 Å². The molecule has 1 saturated carbocycles. The van der Waals surface area contributed by atoms with Crippen molar-refractivity contribution in [3.8, 4) is 0 Å². The molecule has 1 saturated heterocycles. The summed E-state index contributed by atoms with van der Waals surface area (Å²) < 4.78 is 14.8. The van der Waals surface area contributed by atoms with Crippen LogP contribution < -0.4 is 5.32 Å². The fourth-order valence-electron chi connectivity index (χ4n) is 3.43. The van der Waals surface area contributed by atoms with Gasteiger partial charge in [-0.25, -0.2) is 14.4 Å². The van der Waals surface area contributed by atoms with E-state index in [1.807, 2.05) is 18.0 Å². The average Bonchev–Trinajstić information content (AvgIpc) is 3.32. The zero-order chi connectivity index (χ0) is 16.7. The third-order valence-corrected chi connectivity index (χ3v) is 4.67. The van der Waals surface area contributed by atoms with Crippen LogP contribution in [0.2, 0.25) is 0 Å². The maximum absolute atomic E-state index is 13.0. The van der Waals surface area contributed by atoms with E-state index in [2.05, 4.69) is 20.4 Å². The average molecular weight is 330 g/mol. The number of nitrogens with zero attached hydrogens (tertiary/aromatic N) is 5. The second-order valence-electron chi connectivity index (χ2n) is 6.37. The van der Waals surface area contributed by atoms with E-state index >= 15 is 0 Å². The Bertz CT molecular complexity index is 741. The van der Waals surface area contributed by atoms with Crippen LogP contribution in [-0.4, -0.2) is 42.6 Å². The Morgan fingerprint density at radius 3 is 2.62 bits per heavy atom. The van der Waals surface area contributed by atoms with Gasteiger partial charge in [0, 0.05) is 25.7 Å². The Kier molecular flexibility index (Phi) is 3.66. The van der Waals surface area contributed by atoms with Gasteiger partial charge in [-0.1, -0.05) is 0 Å². The number of anilines is 1. The summed E-state index contributed by atoms with van der Waals surface area (Å²) in [5.41, 5.74) is 0.981. The molecular weight excluding hydrogens is 311 g/mol. The molecule has 0 spiro atoms. The summed E-state index contributed by atoms with van der Waals surface area (Å²) in [5.74, 6) is 0.0857. The predicted octanol–water partition coefficient (Wildman–Crippen LogP) is 1.66. The van der Waals surface area contributed by atoms with E-state index in [4.69, 9.17) is 0 Å². The van der Waals surface area contributed by atoms with Crippen molar-refractivity contribution in [1.82, 2.24) is 24.6 Å². The number of aromatic nitrogens is 4. The van der Waals surface area contributed by atoms with E-state index < -0.39 is 5.82 Å². The number of likely N-dealkylation sites (tertiary alicyclic amines) is 1. The highest BCUT2D eigenvalue weighted by atomic mass is 19.1. The number of carbonyl (C=O) groups is 1. The lowest BCUT2D eigenvalue weighted by atomic mass is 9.92. The topological polar surface area (TPSA) is 75.9 Å². The van der Waals surface area contributed by atoms with Crippen molar-refractivity contribution in [3.63, 3.8) is 0 Å². The summed E-state index contributed by atoms with van der Waals surface area (Å²) in [7, 11) is 1.88. The first-order chi connectivity index (χ1) is 11.6. The molecule has 0 unspecified atom stereocenters. The van der Waals surface area contributed by atoms with Crippen LogP contribution >= 0.6 is 0 Å². The van der Waals surface area contributed by atoms with Gasteiger partial charge >= 0.3 is 0 Å². The number of carbonyl (C=O) groups excluding carboxylic acids is 1. The third kappa shape index (κ3) is 2.72. The first kappa shape index (κ1) is 15.0. The van der Waals surface area contributed by atoms with Gasteiger partial charge in [0.2, 0.25) is 11.9 Å². The molecule has 3 heterocycles. The van der Waals surface area contributed by atoms with Gasteiger partial charge < -0.3 is 10.2 Å². The van der Waals surface area contributed by atoms with Crippen LogP contribution in [-0.2, 0) is 11.8 Å². The van der Waals surface area contributed by atoms with Crippen molar-refractivity contribution in [2.45, 2.75) is 43.8 Å². The van der Waals surface area contributed by atoms with E-state index in [1.54, 1.807) is 10.9 Å². The molecular formula is C16H19FN6O. The first-order valence-electron chi connectivity index (χ1n) is 8.16. The number of aryl methyl sites for hydroxylation is 1. The van der Waals surface area contributed by atoms with Gasteiger partial charge in [0.25, 0.3) is 0 Å². The van der Waals surface area contributed by atoms with Crippen LogP contribution in [0.5, 0.6) is 0 Å². The van der Waals surface area contributed by atoms with Gasteiger partial charge in [0.05, 0.1) is 30.2 Å². The molecule has 4 rings (SSSR count). The van der Waals surface area contributed by atoms with Gasteiger partial charge in [-0.15, -0.1) is 0 Å². The van der Waals surface area contributed by atoms with Crippen LogP contribution in [0.15, 0.2) is 24.7 Å². The van der Waals surface area contributed by atoms with Crippen LogP contribution in [0.25, 0.3) is 0 Å². The molecule has 1 N–H and O–H groups in total. The molecule has 7 nitrogen and oxygen atoms in total. The zero-order valence-electron chi connectivity index (χ0n) is 13.4. The van der Waals surface area contributed by atoms with Crippen molar-refractivity contribution >= 4 is 11.9 Å². The van der Waals surface area contributed by atoms with Crippen molar-refractivity contribution in [1.29, 1.82) is 0 Å². The highest BCUT2D eigenvalue weighted by Gasteiger charge is 2.45. The minimum absolute atomic E-state index is 0.0378. The maximum atomic E-state index is 13.0. The predicted molar refractivity (Wildman–Crippen MR) is 84.5 cm³/mol. The largest absolute Gasteiger partial charge is 0.349 e. The number of piperidine rings is 1. The summed E-state index contributed by atoms with van der Waals surface area (Å²) in [4.78, 5) is 22.5. The molecule has 8 heteroatoms. The minimum Gasteiger partial charge on any atom is -0.349 e. The van der Waals surface area contributed by atoms with Crippen LogP contribution in [0, 0.1) is 5.82 Å². The van der Waals surface area contributed by atoms with E-state index in [1.165, 1.54) is 0 Å². The molecule has 1 aliphatic heterocycles. The number of rotatable bonds is 4. The lowest BCUT2D eigenvalue weighted by Gasteiger charge is -2.41. The molecule has 24 heavy (non-hydrogen) atoms. The highest BCUT2D eigenvalue weighted by molar-refractivity contribution is 5.78. The molecule has 2 fully saturated rings. The van der Waals surface area contributed by atoms with Gasteiger partial charge in [-0.2, -0.15) is 5.10 Å². The van der Waals surface area contributed by atoms with E-state index in [-0.39, 0.29) is 18.0 Å². The first-order valence-corrected chi connectivity index (χ1v) is 8.16. The molecule has 0 aromatic carbocycles. The summed E-state index contributed by atoms with van der Waals surface area (Å²) in [6.07, 6.45) is 7.27. The van der Waals surface area contributed by atoms with Crippen molar-refractivity contribution in [2.24, 2.45) is 7.05 Å². The lowest BCUT2D eigenvalue weighted by molar-refractivity contribution is -0.138. The lowest BCUT2D eigenvalue weighted by Crippen LogP contribution is -2.50. The Morgan fingerprint density at radius 1 is 1.25 bits per heavy atom. The molecule has 0 bridgehead atoms. The summed E-state index contributed by atoms with van der Waals surface area (Å²) in [6.45, 7) is 0. The molecule has 1 amide bonds. The van der Waals surface area contributed by atoms with Crippen molar-refractivity contribution < 1.29 is 9.18 Å². The van der Waals surface area contributed by atoms with Gasteiger partial charge in [0.1, 0.15) is 0 Å². The van der Waals surface area contributed by atoms with Gasteiger partial charge in [0.15, 0.2) is 5.82 Å². The SMILES string of the molecule is Cn1nccc1[C@H]1[C@H](Nc2ncc(F)cn2)CCC(=O)N1C1CC1. The molecule has 2 aliphatic rings. The molecule has 2 aromatic heterocycles. The molecule has 0 radical (unpaired) electrons. The van der Waals surface area contributed by atoms with Gasteiger partial charge in [-0.05, 0) is 25.3 Å². The minimum atomic E-state index is -0.470. The number of hydrogen-bond donors (Lipinski definition) is 1. The molecule has 126 valence electrons. The summed E-state index contributed by atoms with van der Waals surface area (Å²) in [6, 6.07) is 2.08. The normalized spacial score (nSPS) is 24.2. The highest BCUT2D eigenvalue weighted by Crippen LogP contribution is 2.41. The molecule has 2 atom stereocenters. The van der Waals surface area contributed by atoms with Crippen LogP contribution in [0.1, 0.15) is 37.4 Å².